The van der Waals surface area contributed by atoms with Gasteiger partial charge in [-0.15, -0.1) is 0 Å². The Bertz CT molecular complexity index is 769. The summed E-state index contributed by atoms with van der Waals surface area (Å²) >= 11 is 0. The third-order valence-electron chi connectivity index (χ3n) is 4.87. The Morgan fingerprint density at radius 3 is 3.04 bits per heavy atom. The number of carbonyl (C=O) groups is 2. The Labute approximate surface area is 144 Å². The van der Waals surface area contributed by atoms with Crippen LogP contribution >= 0.6 is 0 Å². The van der Waals surface area contributed by atoms with Gasteiger partial charge in [0.05, 0.1) is 24.8 Å². The zero-order valence-corrected chi connectivity index (χ0v) is 14.1. The first-order chi connectivity index (χ1) is 12.1. The minimum atomic E-state index is -0.323. The number of likely N-dealkylation sites (tertiary alicyclic amines) is 2. The van der Waals surface area contributed by atoms with E-state index in [1.165, 1.54) is 0 Å². The molecule has 0 saturated carbocycles. The van der Waals surface area contributed by atoms with E-state index in [1.54, 1.807) is 29.1 Å². The predicted molar refractivity (Wildman–Crippen MR) is 85.0 cm³/mol. The molecule has 0 N–H and O–H groups in total. The van der Waals surface area contributed by atoms with Crippen molar-refractivity contribution in [1.29, 1.82) is 0 Å². The topological polar surface area (TPSA) is 92.7 Å². The van der Waals surface area contributed by atoms with E-state index in [0.717, 1.165) is 18.6 Å². The molecule has 4 rings (SSSR count). The maximum atomic E-state index is 13.0. The highest BCUT2D eigenvalue weighted by Gasteiger charge is 2.41. The molecule has 0 spiro atoms. The van der Waals surface area contributed by atoms with E-state index < -0.39 is 0 Å². The second-order valence-electron chi connectivity index (χ2n) is 6.62. The van der Waals surface area contributed by atoms with Crippen molar-refractivity contribution < 1.29 is 18.5 Å². The number of rotatable bonds is 4. The van der Waals surface area contributed by atoms with Crippen LogP contribution in [0.5, 0.6) is 0 Å². The fourth-order valence-corrected chi connectivity index (χ4v) is 3.66. The first kappa shape index (κ1) is 15.9. The SMILES string of the molecule is Cc1nc([C@H]2CCCN2C(=O)[C@@H]2CC(=O)N(Cc3ccco3)C2)no1. The standard InChI is InChI=1S/C17H20N4O4/c1-11-18-16(19-25-11)14-5-2-6-21(14)17(23)12-8-15(22)20(9-12)10-13-4-3-7-24-13/h3-4,7,12,14H,2,5-6,8-10H2,1H3/t12-,14-/m1/s1. The van der Waals surface area contributed by atoms with Crippen molar-refractivity contribution in [2.24, 2.45) is 5.92 Å². The minimum Gasteiger partial charge on any atom is -0.467 e. The molecule has 2 aromatic heterocycles. The highest BCUT2D eigenvalue weighted by atomic mass is 16.5. The fourth-order valence-electron chi connectivity index (χ4n) is 3.66. The quantitative estimate of drug-likeness (QED) is 0.838. The Kier molecular flexibility index (Phi) is 4.03. The molecule has 25 heavy (non-hydrogen) atoms. The molecule has 2 atom stereocenters. The van der Waals surface area contributed by atoms with E-state index in [4.69, 9.17) is 8.94 Å². The van der Waals surface area contributed by atoms with Gasteiger partial charge in [0, 0.05) is 26.4 Å². The molecule has 2 saturated heterocycles. The van der Waals surface area contributed by atoms with Gasteiger partial charge in [0.2, 0.25) is 17.7 Å². The number of furan rings is 1. The van der Waals surface area contributed by atoms with Crippen LogP contribution in [-0.4, -0.2) is 44.8 Å². The van der Waals surface area contributed by atoms with Gasteiger partial charge in [0.1, 0.15) is 5.76 Å². The molecule has 132 valence electrons. The van der Waals surface area contributed by atoms with E-state index in [0.29, 0.717) is 31.3 Å². The molecule has 0 bridgehead atoms. The fraction of sp³-hybridized carbons (Fsp3) is 0.529. The lowest BCUT2D eigenvalue weighted by molar-refractivity contribution is -0.136. The zero-order chi connectivity index (χ0) is 17.4. The maximum absolute atomic E-state index is 13.0. The molecular weight excluding hydrogens is 324 g/mol. The highest BCUT2D eigenvalue weighted by Crippen LogP contribution is 2.33. The number of carbonyl (C=O) groups excluding carboxylic acids is 2. The maximum Gasteiger partial charge on any atom is 0.228 e. The van der Waals surface area contributed by atoms with E-state index >= 15 is 0 Å². The van der Waals surface area contributed by atoms with Gasteiger partial charge in [-0.2, -0.15) is 4.98 Å². The predicted octanol–water partition coefficient (Wildman–Crippen LogP) is 1.68. The van der Waals surface area contributed by atoms with Gasteiger partial charge in [0.25, 0.3) is 0 Å². The largest absolute Gasteiger partial charge is 0.467 e. The Morgan fingerprint density at radius 1 is 1.44 bits per heavy atom. The number of amides is 2. The Hall–Kier alpha value is -2.64. The lowest BCUT2D eigenvalue weighted by Crippen LogP contribution is -2.37. The molecule has 4 heterocycles. The third kappa shape index (κ3) is 3.04. The van der Waals surface area contributed by atoms with Gasteiger partial charge in [-0.3, -0.25) is 9.59 Å². The molecule has 0 radical (unpaired) electrons. The van der Waals surface area contributed by atoms with Crippen molar-refractivity contribution in [3.63, 3.8) is 0 Å². The highest BCUT2D eigenvalue weighted by molar-refractivity contribution is 5.89. The third-order valence-corrected chi connectivity index (χ3v) is 4.87. The number of aromatic nitrogens is 2. The molecule has 8 heteroatoms. The lowest BCUT2D eigenvalue weighted by Gasteiger charge is -2.25. The van der Waals surface area contributed by atoms with Crippen molar-refractivity contribution in [2.45, 2.75) is 38.8 Å². The smallest absolute Gasteiger partial charge is 0.228 e. The molecule has 2 aromatic rings. The summed E-state index contributed by atoms with van der Waals surface area (Å²) in [7, 11) is 0. The molecule has 0 aromatic carbocycles. The molecule has 8 nitrogen and oxygen atoms in total. The monoisotopic (exact) mass is 344 g/mol. The molecule has 2 aliphatic heterocycles. The van der Waals surface area contributed by atoms with Gasteiger partial charge in [-0.05, 0) is 25.0 Å². The Balaban J connectivity index is 1.44. The van der Waals surface area contributed by atoms with E-state index in [9.17, 15) is 9.59 Å². The van der Waals surface area contributed by atoms with E-state index in [-0.39, 0.29) is 30.2 Å². The molecule has 2 amide bonds. The zero-order valence-electron chi connectivity index (χ0n) is 14.1. The van der Waals surface area contributed by atoms with Gasteiger partial charge in [-0.25, -0.2) is 0 Å². The summed E-state index contributed by atoms with van der Waals surface area (Å²) < 4.78 is 10.4. The molecule has 2 aliphatic rings. The summed E-state index contributed by atoms with van der Waals surface area (Å²) in [6.07, 6.45) is 3.55. The van der Waals surface area contributed by atoms with Crippen LogP contribution in [0.3, 0.4) is 0 Å². The average molecular weight is 344 g/mol. The summed E-state index contributed by atoms with van der Waals surface area (Å²) in [6.45, 7) is 3.23. The van der Waals surface area contributed by atoms with Crippen molar-refractivity contribution in [2.75, 3.05) is 13.1 Å². The average Bonchev–Trinajstić information content (AvgIpc) is 3.35. The van der Waals surface area contributed by atoms with E-state index in [1.807, 2.05) is 6.07 Å². The van der Waals surface area contributed by atoms with Crippen LogP contribution in [-0.2, 0) is 16.1 Å². The normalized spacial score (nSPS) is 23.6. The molecule has 0 unspecified atom stereocenters. The van der Waals surface area contributed by atoms with Crippen molar-refractivity contribution in [1.82, 2.24) is 19.9 Å². The van der Waals surface area contributed by atoms with Crippen molar-refractivity contribution >= 4 is 11.8 Å². The number of hydrogen-bond acceptors (Lipinski definition) is 6. The number of hydrogen-bond donors (Lipinski definition) is 0. The second kappa shape index (κ2) is 6.34. The summed E-state index contributed by atoms with van der Waals surface area (Å²) in [4.78, 5) is 33.0. The van der Waals surface area contributed by atoms with Crippen LogP contribution in [0.1, 0.15) is 42.8 Å². The summed E-state index contributed by atoms with van der Waals surface area (Å²) in [6, 6.07) is 3.47. The van der Waals surface area contributed by atoms with Gasteiger partial charge < -0.3 is 18.7 Å². The number of aryl methyl sites for hydroxylation is 1. The Morgan fingerprint density at radius 2 is 2.32 bits per heavy atom. The molecule has 0 aliphatic carbocycles. The van der Waals surface area contributed by atoms with Gasteiger partial charge in [0.15, 0.2) is 5.82 Å². The van der Waals surface area contributed by atoms with E-state index in [2.05, 4.69) is 10.1 Å². The van der Waals surface area contributed by atoms with Gasteiger partial charge in [-0.1, -0.05) is 5.16 Å². The van der Waals surface area contributed by atoms with Crippen LogP contribution in [0.2, 0.25) is 0 Å². The molecule has 2 fully saturated rings. The lowest BCUT2D eigenvalue weighted by atomic mass is 10.1. The summed E-state index contributed by atoms with van der Waals surface area (Å²) in [5.74, 6) is 1.44. The van der Waals surface area contributed by atoms with Crippen LogP contribution < -0.4 is 0 Å². The second-order valence-corrected chi connectivity index (χ2v) is 6.62. The van der Waals surface area contributed by atoms with Gasteiger partial charge >= 0.3 is 0 Å². The van der Waals surface area contributed by atoms with Crippen LogP contribution in [0, 0.1) is 12.8 Å². The summed E-state index contributed by atoms with van der Waals surface area (Å²) in [5.41, 5.74) is 0. The number of nitrogens with zero attached hydrogens (tertiary/aromatic N) is 4. The van der Waals surface area contributed by atoms with Crippen molar-refractivity contribution in [3.05, 3.63) is 35.9 Å². The van der Waals surface area contributed by atoms with Crippen LogP contribution in [0.15, 0.2) is 27.3 Å². The summed E-state index contributed by atoms with van der Waals surface area (Å²) in [5, 5.41) is 3.97. The van der Waals surface area contributed by atoms with Crippen molar-refractivity contribution in [3.8, 4) is 0 Å². The first-order valence-electron chi connectivity index (χ1n) is 8.52. The van der Waals surface area contributed by atoms with Crippen LogP contribution in [0.4, 0.5) is 0 Å². The minimum absolute atomic E-state index is 0.000230. The first-order valence-corrected chi connectivity index (χ1v) is 8.52. The van der Waals surface area contributed by atoms with Crippen LogP contribution in [0.25, 0.3) is 0 Å². The molecular formula is C17H20N4O4.